The molecule has 66 valence electrons. The van der Waals surface area contributed by atoms with Crippen LogP contribution in [0.1, 0.15) is 6.92 Å². The molecule has 0 unspecified atom stereocenters. The van der Waals surface area contributed by atoms with Crippen LogP contribution >= 0.6 is 22.6 Å². The van der Waals surface area contributed by atoms with Crippen LogP contribution in [0.15, 0.2) is 24.3 Å². The van der Waals surface area contributed by atoms with Crippen molar-refractivity contribution in [2.24, 2.45) is 0 Å². The SMILES string of the molecule is C[C@H](O)CNc1cccc(I)c1. The molecular weight excluding hydrogens is 265 g/mol. The Bertz CT molecular complexity index is 250. The van der Waals surface area contributed by atoms with Gasteiger partial charge < -0.3 is 10.4 Å². The molecule has 0 saturated carbocycles. The van der Waals surface area contributed by atoms with Gasteiger partial charge in [-0.3, -0.25) is 0 Å². The molecule has 2 nitrogen and oxygen atoms in total. The summed E-state index contributed by atoms with van der Waals surface area (Å²) in [5, 5.41) is 12.1. The third kappa shape index (κ3) is 3.40. The standard InChI is InChI=1S/C9H12INO/c1-7(12)6-11-9-4-2-3-8(10)5-9/h2-5,7,11-12H,6H2,1H3/t7-/m0/s1. The highest BCUT2D eigenvalue weighted by atomic mass is 127. The van der Waals surface area contributed by atoms with E-state index in [1.807, 2.05) is 24.3 Å². The minimum Gasteiger partial charge on any atom is -0.392 e. The fourth-order valence-corrected chi connectivity index (χ4v) is 1.41. The molecule has 0 bridgehead atoms. The monoisotopic (exact) mass is 277 g/mol. The maximum absolute atomic E-state index is 9.02. The van der Waals surface area contributed by atoms with E-state index in [4.69, 9.17) is 5.11 Å². The summed E-state index contributed by atoms with van der Waals surface area (Å²) >= 11 is 2.26. The first-order valence-corrected chi connectivity index (χ1v) is 4.94. The second-order valence-electron chi connectivity index (χ2n) is 2.74. The quantitative estimate of drug-likeness (QED) is 0.829. The molecule has 3 heteroatoms. The Balaban J connectivity index is 2.52. The predicted octanol–water partition coefficient (Wildman–Crippen LogP) is 2.08. The summed E-state index contributed by atoms with van der Waals surface area (Å²) in [7, 11) is 0. The van der Waals surface area contributed by atoms with Crippen LogP contribution in [0.3, 0.4) is 0 Å². The molecule has 12 heavy (non-hydrogen) atoms. The number of nitrogens with one attached hydrogen (secondary N) is 1. The normalized spacial score (nSPS) is 12.6. The summed E-state index contributed by atoms with van der Waals surface area (Å²) in [6, 6.07) is 8.06. The number of benzene rings is 1. The maximum atomic E-state index is 9.02. The van der Waals surface area contributed by atoms with Crippen LogP contribution in [0.5, 0.6) is 0 Å². The number of rotatable bonds is 3. The van der Waals surface area contributed by atoms with Gasteiger partial charge in [-0.2, -0.15) is 0 Å². The maximum Gasteiger partial charge on any atom is 0.0684 e. The lowest BCUT2D eigenvalue weighted by molar-refractivity contribution is 0.208. The van der Waals surface area contributed by atoms with Crippen LogP contribution < -0.4 is 5.32 Å². The lowest BCUT2D eigenvalue weighted by Crippen LogP contribution is -2.15. The predicted molar refractivity (Wildman–Crippen MR) is 59.3 cm³/mol. The van der Waals surface area contributed by atoms with Gasteiger partial charge in [-0.15, -0.1) is 0 Å². The fraction of sp³-hybridized carbons (Fsp3) is 0.333. The summed E-state index contributed by atoms with van der Waals surface area (Å²) in [4.78, 5) is 0. The molecule has 0 radical (unpaired) electrons. The highest BCUT2D eigenvalue weighted by Gasteiger charge is 1.95. The molecule has 1 aromatic carbocycles. The summed E-state index contributed by atoms with van der Waals surface area (Å²) in [6.07, 6.45) is -0.303. The molecule has 1 rings (SSSR count). The molecular formula is C9H12INO. The van der Waals surface area contributed by atoms with Gasteiger partial charge in [-0.05, 0) is 47.7 Å². The van der Waals surface area contributed by atoms with Gasteiger partial charge in [0.25, 0.3) is 0 Å². The van der Waals surface area contributed by atoms with Gasteiger partial charge >= 0.3 is 0 Å². The first-order chi connectivity index (χ1) is 5.68. The van der Waals surface area contributed by atoms with Crippen molar-refractivity contribution >= 4 is 28.3 Å². The molecule has 0 fully saturated rings. The van der Waals surface area contributed by atoms with E-state index >= 15 is 0 Å². The molecule has 0 aliphatic carbocycles. The van der Waals surface area contributed by atoms with Crippen molar-refractivity contribution in [3.8, 4) is 0 Å². The van der Waals surface area contributed by atoms with E-state index in [0.717, 1.165) is 5.69 Å². The smallest absolute Gasteiger partial charge is 0.0684 e. The van der Waals surface area contributed by atoms with E-state index in [-0.39, 0.29) is 6.10 Å². The van der Waals surface area contributed by atoms with Crippen molar-refractivity contribution in [2.75, 3.05) is 11.9 Å². The van der Waals surface area contributed by atoms with Crippen molar-refractivity contribution < 1.29 is 5.11 Å². The average molecular weight is 277 g/mol. The van der Waals surface area contributed by atoms with E-state index < -0.39 is 0 Å². The highest BCUT2D eigenvalue weighted by Crippen LogP contribution is 2.11. The molecule has 0 amide bonds. The van der Waals surface area contributed by atoms with Gasteiger partial charge in [-0.25, -0.2) is 0 Å². The first-order valence-electron chi connectivity index (χ1n) is 3.86. The summed E-state index contributed by atoms with van der Waals surface area (Å²) < 4.78 is 1.20. The van der Waals surface area contributed by atoms with Crippen molar-refractivity contribution in [1.82, 2.24) is 0 Å². The number of anilines is 1. The van der Waals surface area contributed by atoms with Gasteiger partial charge in [0, 0.05) is 15.8 Å². The van der Waals surface area contributed by atoms with Crippen molar-refractivity contribution in [2.45, 2.75) is 13.0 Å². The van der Waals surface area contributed by atoms with Crippen LogP contribution in [0, 0.1) is 3.57 Å². The van der Waals surface area contributed by atoms with Gasteiger partial charge in [0.2, 0.25) is 0 Å². The zero-order valence-electron chi connectivity index (χ0n) is 6.92. The second-order valence-corrected chi connectivity index (χ2v) is 3.99. The van der Waals surface area contributed by atoms with E-state index in [1.54, 1.807) is 6.92 Å². The Labute approximate surface area is 86.1 Å². The summed E-state index contributed by atoms with van der Waals surface area (Å²) in [6.45, 7) is 2.36. The first kappa shape index (κ1) is 9.80. The number of hydrogen-bond acceptors (Lipinski definition) is 2. The van der Waals surface area contributed by atoms with Crippen molar-refractivity contribution in [3.05, 3.63) is 27.8 Å². The minimum atomic E-state index is -0.303. The zero-order chi connectivity index (χ0) is 8.97. The Morgan fingerprint density at radius 3 is 2.92 bits per heavy atom. The molecule has 0 saturated heterocycles. The second kappa shape index (κ2) is 4.67. The Hall–Kier alpha value is -0.290. The molecule has 0 heterocycles. The highest BCUT2D eigenvalue weighted by molar-refractivity contribution is 14.1. The third-order valence-corrected chi connectivity index (χ3v) is 2.10. The van der Waals surface area contributed by atoms with E-state index in [9.17, 15) is 0 Å². The van der Waals surface area contributed by atoms with E-state index in [0.29, 0.717) is 6.54 Å². The molecule has 0 aromatic heterocycles. The van der Waals surface area contributed by atoms with Crippen LogP contribution in [0.2, 0.25) is 0 Å². The van der Waals surface area contributed by atoms with Crippen LogP contribution in [-0.2, 0) is 0 Å². The average Bonchev–Trinajstić information content (AvgIpc) is 2.01. The topological polar surface area (TPSA) is 32.3 Å². The summed E-state index contributed by atoms with van der Waals surface area (Å²) in [5.41, 5.74) is 1.06. The van der Waals surface area contributed by atoms with Gasteiger partial charge in [-0.1, -0.05) is 6.07 Å². The van der Waals surface area contributed by atoms with Gasteiger partial charge in [0.1, 0.15) is 0 Å². The number of aliphatic hydroxyl groups is 1. The molecule has 2 N–H and O–H groups in total. The fourth-order valence-electron chi connectivity index (χ4n) is 0.864. The number of aliphatic hydroxyl groups excluding tert-OH is 1. The number of hydrogen-bond donors (Lipinski definition) is 2. The molecule has 1 aromatic rings. The molecule has 0 aliphatic heterocycles. The lowest BCUT2D eigenvalue weighted by Gasteiger charge is -2.07. The van der Waals surface area contributed by atoms with E-state index in [2.05, 4.69) is 27.9 Å². The van der Waals surface area contributed by atoms with Crippen molar-refractivity contribution in [3.63, 3.8) is 0 Å². The minimum absolute atomic E-state index is 0.303. The Morgan fingerprint density at radius 2 is 2.33 bits per heavy atom. The lowest BCUT2D eigenvalue weighted by atomic mass is 10.3. The van der Waals surface area contributed by atoms with Gasteiger partial charge in [0.05, 0.1) is 6.10 Å². The number of halogens is 1. The van der Waals surface area contributed by atoms with Gasteiger partial charge in [0.15, 0.2) is 0 Å². The van der Waals surface area contributed by atoms with Crippen LogP contribution in [0.4, 0.5) is 5.69 Å². The Kier molecular flexibility index (Phi) is 3.81. The van der Waals surface area contributed by atoms with Crippen LogP contribution in [0.25, 0.3) is 0 Å². The molecule has 0 spiro atoms. The summed E-state index contributed by atoms with van der Waals surface area (Å²) in [5.74, 6) is 0. The third-order valence-electron chi connectivity index (χ3n) is 1.43. The molecule has 1 atom stereocenters. The zero-order valence-corrected chi connectivity index (χ0v) is 9.08. The molecule has 0 aliphatic rings. The largest absolute Gasteiger partial charge is 0.392 e. The van der Waals surface area contributed by atoms with Crippen LogP contribution in [-0.4, -0.2) is 17.8 Å². The van der Waals surface area contributed by atoms with E-state index in [1.165, 1.54) is 3.57 Å². The van der Waals surface area contributed by atoms with Crippen molar-refractivity contribution in [1.29, 1.82) is 0 Å². The Morgan fingerprint density at radius 1 is 1.58 bits per heavy atom.